The molecule has 0 unspecified atom stereocenters. The number of allylic oxidation sites excluding steroid dienone is 8. The topological polar surface area (TPSA) is 0 Å². The van der Waals surface area contributed by atoms with Crippen LogP contribution in [-0.2, 0) is 23.0 Å². The molecular formula is C22H36Cl2HfSi-2. The maximum Gasteiger partial charge on any atom is -1.00 e. The van der Waals surface area contributed by atoms with Gasteiger partial charge in [-0.3, -0.25) is 12.2 Å². The standard InChI is InChI=1S/2C10H15.C2H6Si.2ClH.Hf/c2*1-3-5-10-7-6-9(4-2)8-10;1-3-2;;;/h2*8H,3-6H2,1-2H3;1-2H3;2*1H;/q2*-1;;;;+2/p-2. The van der Waals surface area contributed by atoms with Crippen molar-refractivity contribution < 1.29 is 47.8 Å². The summed E-state index contributed by atoms with van der Waals surface area (Å²) in [4.78, 5) is 0. The number of halogens is 2. The Balaban J connectivity index is -0.000000319. The third kappa shape index (κ3) is 16.8. The first-order chi connectivity index (χ1) is 11.5. The average molecular weight is 578 g/mol. The van der Waals surface area contributed by atoms with Crippen molar-refractivity contribution in [3.8, 4) is 0 Å². The van der Waals surface area contributed by atoms with Gasteiger partial charge in [-0.1, -0.05) is 66.2 Å². The fourth-order valence-electron chi connectivity index (χ4n) is 2.46. The van der Waals surface area contributed by atoms with Crippen molar-refractivity contribution in [3.05, 3.63) is 46.6 Å². The van der Waals surface area contributed by atoms with Gasteiger partial charge in [0.2, 0.25) is 0 Å². The van der Waals surface area contributed by atoms with Gasteiger partial charge in [0.1, 0.15) is 0 Å². The minimum Gasteiger partial charge on any atom is -1.00 e. The van der Waals surface area contributed by atoms with Crippen LogP contribution in [0.3, 0.4) is 0 Å². The van der Waals surface area contributed by atoms with E-state index in [-0.39, 0.29) is 30.3 Å². The summed E-state index contributed by atoms with van der Waals surface area (Å²) in [5, 5.41) is 0. The molecule has 0 radical (unpaired) electrons. The monoisotopic (exact) mass is 578 g/mol. The van der Waals surface area contributed by atoms with Gasteiger partial charge in [0.05, 0.1) is 0 Å². The molecule has 0 aromatic rings. The van der Waals surface area contributed by atoms with Crippen molar-refractivity contribution in [1.82, 2.24) is 0 Å². The molecule has 0 heterocycles. The first-order valence-corrected chi connectivity index (χ1v) is 17.5. The Kier molecular flexibility index (Phi) is 24.5. The van der Waals surface area contributed by atoms with Crippen LogP contribution < -0.4 is 24.8 Å². The fourth-order valence-corrected chi connectivity index (χ4v) is 2.46. The molecule has 148 valence electrons. The van der Waals surface area contributed by atoms with E-state index in [9.17, 15) is 0 Å². The maximum absolute atomic E-state index is 3.38. The molecule has 0 saturated heterocycles. The Morgan fingerprint density at radius 3 is 1.31 bits per heavy atom. The second-order valence-corrected chi connectivity index (χ2v) is 19.3. The normalized spacial score (nSPS) is 14.2. The van der Waals surface area contributed by atoms with E-state index in [1.54, 1.807) is 11.1 Å². The van der Waals surface area contributed by atoms with E-state index in [1.807, 2.05) is 0 Å². The van der Waals surface area contributed by atoms with E-state index in [1.165, 1.54) is 72.7 Å². The van der Waals surface area contributed by atoms with E-state index in [0.717, 1.165) is 12.8 Å². The van der Waals surface area contributed by atoms with Gasteiger partial charge in [-0.05, 0) is 0 Å². The van der Waals surface area contributed by atoms with Gasteiger partial charge < -0.3 is 24.8 Å². The van der Waals surface area contributed by atoms with Crippen LogP contribution in [0.4, 0.5) is 0 Å². The summed E-state index contributed by atoms with van der Waals surface area (Å²) >= 11 is 1.45. The number of hydrogen-bond acceptors (Lipinski definition) is 0. The Morgan fingerprint density at radius 1 is 0.808 bits per heavy atom. The molecule has 2 aliphatic rings. The van der Waals surface area contributed by atoms with E-state index in [0.29, 0.717) is 0 Å². The number of rotatable bonds is 6. The van der Waals surface area contributed by atoms with Crippen LogP contribution in [0.25, 0.3) is 0 Å². The molecule has 0 saturated carbocycles. The molecule has 0 N–H and O–H groups in total. The first-order valence-electron chi connectivity index (χ1n) is 9.56. The van der Waals surface area contributed by atoms with Crippen molar-refractivity contribution >= 4 is 5.49 Å². The van der Waals surface area contributed by atoms with E-state index in [2.05, 4.69) is 65.1 Å². The van der Waals surface area contributed by atoms with Crippen molar-refractivity contribution in [1.29, 1.82) is 0 Å². The van der Waals surface area contributed by atoms with Gasteiger partial charge in [0.25, 0.3) is 0 Å². The average Bonchev–Trinajstić information content (AvgIpc) is 3.17. The SMILES string of the molecule is CCCC1=[C-]CC(CC)=C1.CCCC1=[C-]CC(CC)=C1.C[Si](C)=[Hf+2].[Cl-].[Cl-]. The molecule has 4 heteroatoms. The number of hydrogen-bond donors (Lipinski definition) is 0. The molecule has 0 bridgehead atoms. The quantitative estimate of drug-likeness (QED) is 0.330. The molecule has 26 heavy (non-hydrogen) atoms. The summed E-state index contributed by atoms with van der Waals surface area (Å²) in [5.41, 5.74) is 6.21. The minimum absolute atomic E-state index is 0. The molecule has 0 nitrogen and oxygen atoms in total. The minimum atomic E-state index is 0. The third-order valence-corrected chi connectivity index (χ3v) is 3.79. The Labute approximate surface area is 191 Å². The van der Waals surface area contributed by atoms with Crippen LogP contribution in [-0.4, -0.2) is 5.49 Å². The Morgan fingerprint density at radius 2 is 1.12 bits per heavy atom. The molecule has 0 aliphatic heterocycles. The molecule has 2 rings (SSSR count). The predicted octanol–water partition coefficient (Wildman–Crippen LogP) is 1.30. The van der Waals surface area contributed by atoms with E-state index < -0.39 is 0 Å². The molecule has 0 atom stereocenters. The summed E-state index contributed by atoms with van der Waals surface area (Å²) in [7, 11) is 0. The second-order valence-electron chi connectivity index (χ2n) is 6.57. The van der Waals surface area contributed by atoms with Crippen molar-refractivity contribution in [3.63, 3.8) is 0 Å². The summed E-state index contributed by atoms with van der Waals surface area (Å²) in [6.45, 7) is 13.5. The second kappa shape index (κ2) is 20.4. The molecule has 0 amide bonds. The van der Waals surface area contributed by atoms with Gasteiger partial charge in [0.15, 0.2) is 0 Å². The van der Waals surface area contributed by atoms with Crippen LogP contribution in [0.1, 0.15) is 79.1 Å². The summed E-state index contributed by atoms with van der Waals surface area (Å²) in [6.07, 6.45) is 20.9. The summed E-state index contributed by atoms with van der Waals surface area (Å²) < 4.78 is 0. The van der Waals surface area contributed by atoms with Crippen LogP contribution in [0.2, 0.25) is 13.1 Å². The van der Waals surface area contributed by atoms with Crippen LogP contribution in [0, 0.1) is 12.2 Å². The smallest absolute Gasteiger partial charge is 1.00 e. The van der Waals surface area contributed by atoms with Crippen molar-refractivity contribution in [2.75, 3.05) is 0 Å². The van der Waals surface area contributed by atoms with Gasteiger partial charge in [-0.25, -0.2) is 23.3 Å². The maximum atomic E-state index is 3.38. The Bertz CT molecular complexity index is 458. The fraction of sp³-hybridized carbons (Fsp3) is 0.636. The molecular weight excluding hydrogens is 542 g/mol. The zero-order chi connectivity index (χ0) is 18.4. The van der Waals surface area contributed by atoms with Crippen LogP contribution in [0.5, 0.6) is 0 Å². The first kappa shape index (κ1) is 31.3. The van der Waals surface area contributed by atoms with Gasteiger partial charge in [0, 0.05) is 0 Å². The largest absolute Gasteiger partial charge is 1.00 e. The molecule has 0 fully saturated rings. The van der Waals surface area contributed by atoms with Gasteiger partial charge in [-0.2, -0.15) is 11.1 Å². The summed E-state index contributed by atoms with van der Waals surface area (Å²) in [6, 6.07) is 0. The molecule has 0 spiro atoms. The molecule has 0 aromatic heterocycles. The zero-order valence-corrected chi connectivity index (χ0v) is 23.7. The molecule has 2 aliphatic carbocycles. The van der Waals surface area contributed by atoms with Crippen molar-refractivity contribution in [2.45, 2.75) is 92.2 Å². The van der Waals surface area contributed by atoms with Crippen LogP contribution in [0.15, 0.2) is 34.4 Å². The van der Waals surface area contributed by atoms with E-state index >= 15 is 0 Å². The predicted molar refractivity (Wildman–Crippen MR) is 107 cm³/mol. The van der Waals surface area contributed by atoms with E-state index in [4.69, 9.17) is 0 Å². The summed E-state index contributed by atoms with van der Waals surface area (Å²) in [5.74, 6) is 0. The zero-order valence-electron chi connectivity index (χ0n) is 17.6. The van der Waals surface area contributed by atoms with Gasteiger partial charge in [-0.15, -0.1) is 12.8 Å². The Hall–Kier alpha value is 0.627. The van der Waals surface area contributed by atoms with Crippen LogP contribution >= 0.6 is 0 Å². The third-order valence-electron chi connectivity index (χ3n) is 3.79. The van der Waals surface area contributed by atoms with Gasteiger partial charge >= 0.3 is 41.6 Å². The van der Waals surface area contributed by atoms with Crippen molar-refractivity contribution in [2.24, 2.45) is 0 Å². The molecule has 0 aromatic carbocycles.